The van der Waals surface area contributed by atoms with E-state index >= 15 is 0 Å². The Balaban J connectivity index is 2.14. The van der Waals surface area contributed by atoms with Crippen molar-refractivity contribution in [2.45, 2.75) is 6.92 Å². The molecule has 1 heterocycles. The highest BCUT2D eigenvalue weighted by Crippen LogP contribution is 2.30. The number of carbonyl (C=O) groups excluding carboxylic acids is 2. The van der Waals surface area contributed by atoms with Crippen LogP contribution in [0, 0.1) is 12.7 Å². The van der Waals surface area contributed by atoms with Gasteiger partial charge in [-0.1, -0.05) is 11.6 Å². The average molecular weight is 270 g/mol. The van der Waals surface area contributed by atoms with E-state index in [0.29, 0.717) is 11.1 Å². The first-order chi connectivity index (χ1) is 9.47. The molecule has 0 spiro atoms. The van der Waals surface area contributed by atoms with Crippen molar-refractivity contribution in [1.82, 2.24) is 0 Å². The van der Waals surface area contributed by atoms with Crippen LogP contribution in [0.4, 0.5) is 15.8 Å². The van der Waals surface area contributed by atoms with E-state index in [1.807, 2.05) is 6.92 Å². The SMILES string of the molecule is Cc1ccc2c(c1)C(=O)N(c1cc(N)cc(F)c1)C2=O. The van der Waals surface area contributed by atoms with Crippen LogP contribution in [-0.4, -0.2) is 11.8 Å². The Morgan fingerprint density at radius 3 is 2.40 bits per heavy atom. The Morgan fingerprint density at radius 2 is 1.70 bits per heavy atom. The molecule has 0 bridgehead atoms. The smallest absolute Gasteiger partial charge is 0.266 e. The molecule has 2 amide bonds. The number of rotatable bonds is 1. The zero-order chi connectivity index (χ0) is 14.4. The third kappa shape index (κ3) is 1.75. The van der Waals surface area contributed by atoms with E-state index in [9.17, 15) is 14.0 Å². The Morgan fingerprint density at radius 1 is 1.00 bits per heavy atom. The Bertz CT molecular complexity index is 735. The van der Waals surface area contributed by atoms with Gasteiger partial charge in [0.2, 0.25) is 0 Å². The van der Waals surface area contributed by atoms with E-state index in [0.717, 1.165) is 22.6 Å². The Labute approximate surface area is 114 Å². The highest BCUT2D eigenvalue weighted by molar-refractivity contribution is 6.34. The summed E-state index contributed by atoms with van der Waals surface area (Å²) in [5, 5.41) is 0. The molecule has 2 aromatic rings. The van der Waals surface area contributed by atoms with Gasteiger partial charge in [0.25, 0.3) is 11.8 Å². The predicted octanol–water partition coefficient (Wildman–Crippen LogP) is 2.52. The minimum absolute atomic E-state index is 0.145. The molecule has 0 aliphatic carbocycles. The molecular formula is C15H11FN2O2. The third-order valence-electron chi connectivity index (χ3n) is 3.21. The van der Waals surface area contributed by atoms with Crippen molar-refractivity contribution in [2.75, 3.05) is 10.6 Å². The van der Waals surface area contributed by atoms with Crippen molar-refractivity contribution >= 4 is 23.2 Å². The van der Waals surface area contributed by atoms with E-state index < -0.39 is 17.6 Å². The minimum Gasteiger partial charge on any atom is -0.399 e. The normalized spacial score (nSPS) is 13.8. The van der Waals surface area contributed by atoms with Gasteiger partial charge in [-0.15, -0.1) is 0 Å². The zero-order valence-electron chi connectivity index (χ0n) is 10.7. The summed E-state index contributed by atoms with van der Waals surface area (Å²) in [5.74, 6) is -1.51. The molecular weight excluding hydrogens is 259 g/mol. The number of carbonyl (C=O) groups is 2. The van der Waals surface area contributed by atoms with Crippen molar-refractivity contribution in [2.24, 2.45) is 0 Å². The second-order valence-electron chi connectivity index (χ2n) is 4.74. The van der Waals surface area contributed by atoms with E-state index in [4.69, 9.17) is 5.73 Å². The summed E-state index contributed by atoms with van der Waals surface area (Å²) in [6.07, 6.45) is 0. The topological polar surface area (TPSA) is 63.4 Å². The van der Waals surface area contributed by atoms with Crippen molar-refractivity contribution < 1.29 is 14.0 Å². The van der Waals surface area contributed by atoms with Crippen LogP contribution in [-0.2, 0) is 0 Å². The third-order valence-corrected chi connectivity index (χ3v) is 3.21. The summed E-state index contributed by atoms with van der Waals surface area (Å²) in [7, 11) is 0. The van der Waals surface area contributed by atoms with Crippen molar-refractivity contribution in [3.63, 3.8) is 0 Å². The van der Waals surface area contributed by atoms with Crippen molar-refractivity contribution in [3.05, 3.63) is 58.9 Å². The van der Waals surface area contributed by atoms with E-state index in [1.54, 1.807) is 18.2 Å². The monoisotopic (exact) mass is 270 g/mol. The number of hydrogen-bond donors (Lipinski definition) is 1. The summed E-state index contributed by atoms with van der Waals surface area (Å²) in [6, 6.07) is 8.66. The molecule has 2 aromatic carbocycles. The van der Waals surface area contributed by atoms with E-state index in [2.05, 4.69) is 0 Å². The second-order valence-corrected chi connectivity index (χ2v) is 4.74. The van der Waals surface area contributed by atoms with Crippen LogP contribution in [0.25, 0.3) is 0 Å². The second kappa shape index (κ2) is 4.16. The molecule has 4 nitrogen and oxygen atoms in total. The fraction of sp³-hybridized carbons (Fsp3) is 0.0667. The number of anilines is 2. The number of aryl methyl sites for hydroxylation is 1. The molecule has 0 aromatic heterocycles. The summed E-state index contributed by atoms with van der Waals surface area (Å²) in [6.45, 7) is 1.83. The van der Waals surface area contributed by atoms with Gasteiger partial charge < -0.3 is 5.73 Å². The molecule has 0 saturated carbocycles. The maximum Gasteiger partial charge on any atom is 0.266 e. The standard InChI is InChI=1S/C15H11FN2O2/c1-8-2-3-12-13(4-8)15(20)18(14(12)19)11-6-9(16)5-10(17)7-11/h2-7H,17H2,1H3. The zero-order valence-corrected chi connectivity index (χ0v) is 10.7. The molecule has 2 N–H and O–H groups in total. The molecule has 0 unspecified atom stereocenters. The van der Waals surface area contributed by atoms with Crippen LogP contribution in [0.15, 0.2) is 36.4 Å². The van der Waals surface area contributed by atoms with Gasteiger partial charge in [-0.2, -0.15) is 0 Å². The van der Waals surface area contributed by atoms with E-state index in [1.165, 1.54) is 6.07 Å². The Hall–Kier alpha value is -2.69. The average Bonchev–Trinajstić information content (AvgIpc) is 2.60. The van der Waals surface area contributed by atoms with Gasteiger partial charge >= 0.3 is 0 Å². The number of fused-ring (bicyclic) bond motifs is 1. The van der Waals surface area contributed by atoms with Crippen molar-refractivity contribution in [1.29, 1.82) is 0 Å². The quantitative estimate of drug-likeness (QED) is 0.639. The predicted molar refractivity (Wildman–Crippen MR) is 73.1 cm³/mol. The molecule has 0 atom stereocenters. The van der Waals surface area contributed by atoms with Crippen LogP contribution in [0.3, 0.4) is 0 Å². The number of hydrogen-bond acceptors (Lipinski definition) is 3. The first-order valence-corrected chi connectivity index (χ1v) is 6.03. The number of imide groups is 1. The van der Waals surface area contributed by atoms with Gasteiger partial charge in [-0.25, -0.2) is 9.29 Å². The van der Waals surface area contributed by atoms with Crippen molar-refractivity contribution in [3.8, 4) is 0 Å². The van der Waals surface area contributed by atoms with E-state index in [-0.39, 0.29) is 11.4 Å². The maximum atomic E-state index is 13.4. The molecule has 3 rings (SSSR count). The summed E-state index contributed by atoms with van der Waals surface area (Å²) >= 11 is 0. The maximum absolute atomic E-state index is 13.4. The highest BCUT2D eigenvalue weighted by atomic mass is 19.1. The summed E-state index contributed by atoms with van der Waals surface area (Å²) in [4.78, 5) is 25.6. The Kier molecular flexibility index (Phi) is 2.57. The van der Waals surface area contributed by atoms with Gasteiger partial charge in [-0.3, -0.25) is 9.59 Å². The number of nitrogen functional groups attached to an aromatic ring is 1. The largest absolute Gasteiger partial charge is 0.399 e. The number of amides is 2. The number of halogens is 1. The fourth-order valence-electron chi connectivity index (χ4n) is 2.31. The summed E-state index contributed by atoms with van der Waals surface area (Å²) in [5.41, 5.74) is 7.40. The molecule has 0 fully saturated rings. The van der Waals surface area contributed by atoms with Gasteiger partial charge in [0, 0.05) is 5.69 Å². The lowest BCUT2D eigenvalue weighted by molar-refractivity contribution is 0.0926. The van der Waals surface area contributed by atoms with Gasteiger partial charge in [0.15, 0.2) is 0 Å². The van der Waals surface area contributed by atoms with Gasteiger partial charge in [0.05, 0.1) is 16.8 Å². The number of benzene rings is 2. The van der Waals surface area contributed by atoms with Crippen LogP contribution < -0.4 is 10.6 Å². The number of nitrogens with zero attached hydrogens (tertiary/aromatic N) is 1. The number of nitrogens with two attached hydrogens (primary N) is 1. The van der Waals surface area contributed by atoms with Gasteiger partial charge in [-0.05, 0) is 37.3 Å². The summed E-state index contributed by atoms with van der Waals surface area (Å²) < 4.78 is 13.4. The lowest BCUT2D eigenvalue weighted by Gasteiger charge is -2.14. The molecule has 1 aliphatic heterocycles. The van der Waals surface area contributed by atoms with Crippen LogP contribution in [0.2, 0.25) is 0 Å². The highest BCUT2D eigenvalue weighted by Gasteiger charge is 2.36. The fourth-order valence-corrected chi connectivity index (χ4v) is 2.31. The lowest BCUT2D eigenvalue weighted by Crippen LogP contribution is -2.29. The molecule has 1 aliphatic rings. The van der Waals surface area contributed by atoms with Gasteiger partial charge in [0.1, 0.15) is 5.82 Å². The van der Waals surface area contributed by atoms with Crippen LogP contribution >= 0.6 is 0 Å². The molecule has 0 saturated heterocycles. The van der Waals surface area contributed by atoms with Crippen LogP contribution in [0.1, 0.15) is 26.3 Å². The van der Waals surface area contributed by atoms with Crippen LogP contribution in [0.5, 0.6) is 0 Å². The minimum atomic E-state index is -0.590. The molecule has 5 heteroatoms. The first kappa shape index (κ1) is 12.3. The first-order valence-electron chi connectivity index (χ1n) is 6.03. The lowest BCUT2D eigenvalue weighted by atomic mass is 10.1. The molecule has 20 heavy (non-hydrogen) atoms. The molecule has 100 valence electrons. The molecule has 0 radical (unpaired) electrons.